The minimum atomic E-state index is -0.400. The molecule has 4 nitrogen and oxygen atoms in total. The van der Waals surface area contributed by atoms with E-state index in [1.807, 2.05) is 30.5 Å². The van der Waals surface area contributed by atoms with Crippen LogP contribution in [0.1, 0.15) is 31.3 Å². The lowest BCUT2D eigenvalue weighted by molar-refractivity contribution is 0.210. The van der Waals surface area contributed by atoms with E-state index in [4.69, 9.17) is 16.3 Å². The maximum Gasteiger partial charge on any atom is 0.191 e. The van der Waals surface area contributed by atoms with Gasteiger partial charge in [0.05, 0.1) is 5.02 Å². The Morgan fingerprint density at radius 3 is 2.63 bits per heavy atom. The number of thioether (sulfide) groups is 1. The monoisotopic (exact) mass is 469 g/mol. The average molecular weight is 471 g/mol. The van der Waals surface area contributed by atoms with Crippen molar-refractivity contribution >= 4 is 39.3 Å². The molecule has 8 heteroatoms. The highest BCUT2D eigenvalue weighted by molar-refractivity contribution is 9.10. The van der Waals surface area contributed by atoms with Crippen LogP contribution in [0.3, 0.4) is 0 Å². The second-order valence-corrected chi connectivity index (χ2v) is 8.10. The van der Waals surface area contributed by atoms with Crippen molar-refractivity contribution in [2.75, 3.05) is 0 Å². The molecule has 0 aliphatic carbocycles. The number of hydrogen-bond acceptors (Lipinski definition) is 4. The SMILES string of the molecule is CCn1c(SCc2ccc(Br)cc2)nnc1C(C)Oc1ccc(F)cc1Cl. The van der Waals surface area contributed by atoms with E-state index in [1.165, 1.54) is 23.8 Å². The van der Waals surface area contributed by atoms with Crippen molar-refractivity contribution < 1.29 is 9.13 Å². The molecule has 0 spiro atoms. The minimum absolute atomic E-state index is 0.231. The van der Waals surface area contributed by atoms with Crippen molar-refractivity contribution in [3.63, 3.8) is 0 Å². The molecule has 1 aromatic heterocycles. The fourth-order valence-electron chi connectivity index (χ4n) is 2.55. The summed E-state index contributed by atoms with van der Waals surface area (Å²) < 4.78 is 22.2. The quantitative estimate of drug-likeness (QED) is 0.381. The minimum Gasteiger partial charge on any atom is -0.481 e. The molecule has 0 aliphatic rings. The van der Waals surface area contributed by atoms with Crippen molar-refractivity contribution in [1.82, 2.24) is 14.8 Å². The molecule has 1 atom stereocenters. The third-order valence-electron chi connectivity index (χ3n) is 3.90. The number of rotatable bonds is 7. The van der Waals surface area contributed by atoms with Crippen molar-refractivity contribution in [2.24, 2.45) is 0 Å². The van der Waals surface area contributed by atoms with Gasteiger partial charge in [-0.2, -0.15) is 0 Å². The third kappa shape index (κ3) is 5.03. The van der Waals surface area contributed by atoms with Gasteiger partial charge in [-0.05, 0) is 49.7 Å². The summed E-state index contributed by atoms with van der Waals surface area (Å²) in [5.74, 6) is 1.52. The van der Waals surface area contributed by atoms with Crippen LogP contribution in [0.15, 0.2) is 52.1 Å². The zero-order chi connectivity index (χ0) is 19.4. The number of nitrogens with zero attached hydrogens (tertiary/aromatic N) is 3. The largest absolute Gasteiger partial charge is 0.481 e. The molecule has 3 rings (SSSR count). The highest BCUT2D eigenvalue weighted by atomic mass is 79.9. The summed E-state index contributed by atoms with van der Waals surface area (Å²) in [6.45, 7) is 4.63. The maximum absolute atomic E-state index is 13.2. The van der Waals surface area contributed by atoms with E-state index in [1.54, 1.807) is 11.8 Å². The normalized spacial score (nSPS) is 12.2. The van der Waals surface area contributed by atoms with Gasteiger partial charge in [0, 0.05) is 16.8 Å². The van der Waals surface area contributed by atoms with Gasteiger partial charge < -0.3 is 9.30 Å². The van der Waals surface area contributed by atoms with Crippen LogP contribution in [-0.2, 0) is 12.3 Å². The van der Waals surface area contributed by atoms with E-state index in [2.05, 4.69) is 38.3 Å². The predicted octanol–water partition coefficient (Wildman–Crippen LogP) is 6.29. The number of ether oxygens (including phenoxy) is 1. The van der Waals surface area contributed by atoms with Crippen molar-refractivity contribution in [3.05, 3.63) is 69.2 Å². The van der Waals surface area contributed by atoms with Crippen LogP contribution in [0.2, 0.25) is 5.02 Å². The predicted molar refractivity (Wildman–Crippen MR) is 110 cm³/mol. The molecule has 0 saturated carbocycles. The zero-order valence-corrected chi connectivity index (χ0v) is 18.0. The fraction of sp³-hybridized carbons (Fsp3) is 0.263. The molecule has 0 bridgehead atoms. The highest BCUT2D eigenvalue weighted by Gasteiger charge is 2.19. The summed E-state index contributed by atoms with van der Waals surface area (Å²) >= 11 is 11.1. The first kappa shape index (κ1) is 20.2. The van der Waals surface area contributed by atoms with Gasteiger partial charge in [-0.3, -0.25) is 0 Å². The van der Waals surface area contributed by atoms with Crippen LogP contribution in [-0.4, -0.2) is 14.8 Å². The number of benzene rings is 2. The Morgan fingerprint density at radius 2 is 1.96 bits per heavy atom. The highest BCUT2D eigenvalue weighted by Crippen LogP contribution is 2.31. The maximum atomic E-state index is 13.2. The number of halogens is 3. The van der Waals surface area contributed by atoms with E-state index in [9.17, 15) is 4.39 Å². The molecule has 2 aromatic carbocycles. The van der Waals surface area contributed by atoms with Crippen LogP contribution >= 0.6 is 39.3 Å². The van der Waals surface area contributed by atoms with E-state index >= 15 is 0 Å². The van der Waals surface area contributed by atoms with Crippen LogP contribution in [0.5, 0.6) is 5.75 Å². The summed E-state index contributed by atoms with van der Waals surface area (Å²) in [5.41, 5.74) is 1.21. The molecule has 0 aliphatic heterocycles. The molecule has 3 aromatic rings. The Morgan fingerprint density at radius 1 is 1.22 bits per heavy atom. The smallest absolute Gasteiger partial charge is 0.191 e. The molecule has 1 unspecified atom stereocenters. The molecule has 0 radical (unpaired) electrons. The number of aromatic nitrogens is 3. The van der Waals surface area contributed by atoms with Gasteiger partial charge in [0.2, 0.25) is 0 Å². The van der Waals surface area contributed by atoms with Gasteiger partial charge in [0.15, 0.2) is 17.1 Å². The molecular weight excluding hydrogens is 453 g/mol. The first-order chi connectivity index (χ1) is 13.0. The van der Waals surface area contributed by atoms with Gasteiger partial charge in [-0.15, -0.1) is 10.2 Å². The van der Waals surface area contributed by atoms with Crippen molar-refractivity contribution in [1.29, 1.82) is 0 Å². The number of hydrogen-bond donors (Lipinski definition) is 0. The summed E-state index contributed by atoms with van der Waals surface area (Å²) in [5, 5.41) is 9.67. The van der Waals surface area contributed by atoms with Gasteiger partial charge >= 0.3 is 0 Å². The second-order valence-electron chi connectivity index (χ2n) is 5.83. The molecule has 27 heavy (non-hydrogen) atoms. The van der Waals surface area contributed by atoms with Crippen molar-refractivity contribution in [3.8, 4) is 5.75 Å². The lowest BCUT2D eigenvalue weighted by atomic mass is 10.2. The Balaban J connectivity index is 1.73. The van der Waals surface area contributed by atoms with E-state index < -0.39 is 5.82 Å². The van der Waals surface area contributed by atoms with Crippen LogP contribution in [0.4, 0.5) is 4.39 Å². The standard InChI is InChI=1S/C19H18BrClFN3OS/c1-3-25-18(12(2)26-17-9-8-15(22)10-16(17)21)23-24-19(25)27-11-13-4-6-14(20)7-5-13/h4-10,12H,3,11H2,1-2H3. The van der Waals surface area contributed by atoms with Crippen LogP contribution in [0, 0.1) is 5.82 Å². The van der Waals surface area contributed by atoms with Gasteiger partial charge in [-0.25, -0.2) is 4.39 Å². The molecule has 0 N–H and O–H groups in total. The summed E-state index contributed by atoms with van der Waals surface area (Å²) in [7, 11) is 0. The molecule has 0 saturated heterocycles. The topological polar surface area (TPSA) is 39.9 Å². The van der Waals surface area contributed by atoms with Gasteiger partial charge in [0.25, 0.3) is 0 Å². The first-order valence-electron chi connectivity index (χ1n) is 8.40. The summed E-state index contributed by atoms with van der Waals surface area (Å²) in [6, 6.07) is 12.3. The lowest BCUT2D eigenvalue weighted by Gasteiger charge is -2.16. The molecule has 0 amide bonds. The zero-order valence-electron chi connectivity index (χ0n) is 14.8. The fourth-order valence-corrected chi connectivity index (χ4v) is 3.99. The van der Waals surface area contributed by atoms with Crippen molar-refractivity contribution in [2.45, 2.75) is 37.4 Å². The molecule has 0 fully saturated rings. The van der Waals surface area contributed by atoms with Crippen LogP contribution in [0.25, 0.3) is 0 Å². The Bertz CT molecular complexity index is 920. The average Bonchev–Trinajstić information content (AvgIpc) is 3.06. The second kappa shape index (κ2) is 9.08. The Kier molecular flexibility index (Phi) is 6.78. The van der Waals surface area contributed by atoms with Gasteiger partial charge in [-0.1, -0.05) is 51.4 Å². The molecular formula is C19H18BrClFN3OS. The summed E-state index contributed by atoms with van der Waals surface area (Å²) in [6.07, 6.45) is -0.373. The Hall–Kier alpha value is -1.57. The van der Waals surface area contributed by atoms with E-state index in [0.717, 1.165) is 21.9 Å². The lowest BCUT2D eigenvalue weighted by Crippen LogP contribution is -2.12. The van der Waals surface area contributed by atoms with Crippen LogP contribution < -0.4 is 4.74 Å². The van der Waals surface area contributed by atoms with E-state index in [-0.39, 0.29) is 11.1 Å². The van der Waals surface area contributed by atoms with Gasteiger partial charge in [0.1, 0.15) is 11.6 Å². The Labute approximate surface area is 175 Å². The third-order valence-corrected chi connectivity index (χ3v) is 5.77. The molecule has 1 heterocycles. The summed E-state index contributed by atoms with van der Waals surface area (Å²) in [4.78, 5) is 0. The van der Waals surface area contributed by atoms with E-state index in [0.29, 0.717) is 11.6 Å². The first-order valence-corrected chi connectivity index (χ1v) is 10.6. The molecule has 142 valence electrons.